The summed E-state index contributed by atoms with van der Waals surface area (Å²) in [6.45, 7) is 4.38. The Balaban J connectivity index is 2.03. The molecule has 1 aromatic rings. The Labute approximate surface area is 126 Å². The van der Waals surface area contributed by atoms with E-state index in [-0.39, 0.29) is 11.9 Å². The first-order valence-electron chi connectivity index (χ1n) is 6.37. The average Bonchev–Trinajstić information content (AvgIpc) is 2.93. The summed E-state index contributed by atoms with van der Waals surface area (Å²) in [7, 11) is 0. The molecule has 0 spiro atoms. The molecular weight excluding hydrogens is 328 g/mol. The second-order valence-electron chi connectivity index (χ2n) is 5.25. The summed E-state index contributed by atoms with van der Waals surface area (Å²) in [5, 5.41) is 13.1. The Morgan fingerprint density at radius 3 is 3.00 bits per heavy atom. The second kappa shape index (κ2) is 5.89. The Morgan fingerprint density at radius 1 is 1.68 bits per heavy atom. The quantitative estimate of drug-likeness (QED) is 0.880. The minimum Gasteiger partial charge on any atom is -0.387 e. The van der Waals surface area contributed by atoms with E-state index in [9.17, 15) is 9.90 Å². The fraction of sp³-hybridized carbons (Fsp3) is 0.615. The molecule has 1 saturated heterocycles. The van der Waals surface area contributed by atoms with E-state index in [1.807, 2.05) is 30.7 Å². The van der Waals surface area contributed by atoms with E-state index in [0.29, 0.717) is 18.0 Å². The predicted molar refractivity (Wildman–Crippen MR) is 81.7 cm³/mol. The van der Waals surface area contributed by atoms with E-state index >= 15 is 0 Å². The van der Waals surface area contributed by atoms with Crippen LogP contribution >= 0.6 is 27.7 Å². The molecule has 1 aromatic heterocycles. The number of aromatic nitrogens is 1. The number of halogens is 1. The lowest BCUT2D eigenvalue weighted by atomic mass is 10.0. The van der Waals surface area contributed by atoms with Crippen LogP contribution in [0.2, 0.25) is 0 Å². The SMILES string of the molecule is CC(C)n1cc(Br)cc1C(=O)NCC1(O)CCSC1. The van der Waals surface area contributed by atoms with Gasteiger partial charge in [0.05, 0.1) is 5.60 Å². The molecule has 0 saturated carbocycles. The molecule has 2 rings (SSSR count). The zero-order valence-electron chi connectivity index (χ0n) is 11.1. The normalized spacial score (nSPS) is 23.0. The van der Waals surface area contributed by atoms with Crippen molar-refractivity contribution in [2.45, 2.75) is 31.9 Å². The maximum atomic E-state index is 12.2. The van der Waals surface area contributed by atoms with Gasteiger partial charge in [-0.25, -0.2) is 0 Å². The standard InChI is InChI=1S/C13H19BrN2O2S/c1-9(2)16-6-10(14)5-11(16)12(17)15-7-13(18)3-4-19-8-13/h5-6,9,18H,3-4,7-8H2,1-2H3,(H,15,17). The number of carbonyl (C=O) groups excluding carboxylic acids is 1. The Bertz CT molecular complexity index is 467. The van der Waals surface area contributed by atoms with Gasteiger partial charge in [-0.2, -0.15) is 11.8 Å². The zero-order chi connectivity index (χ0) is 14.0. The Morgan fingerprint density at radius 2 is 2.42 bits per heavy atom. The van der Waals surface area contributed by atoms with Gasteiger partial charge in [0.15, 0.2) is 0 Å². The highest BCUT2D eigenvalue weighted by atomic mass is 79.9. The van der Waals surface area contributed by atoms with Crippen molar-refractivity contribution in [3.05, 3.63) is 22.4 Å². The van der Waals surface area contributed by atoms with Crippen molar-refractivity contribution in [2.75, 3.05) is 18.1 Å². The van der Waals surface area contributed by atoms with E-state index in [0.717, 1.165) is 16.6 Å². The largest absolute Gasteiger partial charge is 0.387 e. The van der Waals surface area contributed by atoms with Gasteiger partial charge in [-0.15, -0.1) is 0 Å². The maximum absolute atomic E-state index is 12.2. The third-order valence-corrected chi connectivity index (χ3v) is 4.93. The molecule has 1 unspecified atom stereocenters. The fourth-order valence-corrected chi connectivity index (χ4v) is 3.86. The third-order valence-electron chi connectivity index (χ3n) is 3.26. The topological polar surface area (TPSA) is 54.3 Å². The lowest BCUT2D eigenvalue weighted by Crippen LogP contribution is -2.43. The number of nitrogens with zero attached hydrogens (tertiary/aromatic N) is 1. The van der Waals surface area contributed by atoms with Gasteiger partial charge in [0, 0.05) is 29.0 Å². The van der Waals surface area contributed by atoms with Crippen LogP contribution in [-0.4, -0.2) is 39.2 Å². The lowest BCUT2D eigenvalue weighted by Gasteiger charge is -2.22. The summed E-state index contributed by atoms with van der Waals surface area (Å²) >= 11 is 5.12. The van der Waals surface area contributed by atoms with Crippen LogP contribution in [0.3, 0.4) is 0 Å². The first-order chi connectivity index (χ1) is 8.91. The number of hydrogen-bond acceptors (Lipinski definition) is 3. The average molecular weight is 347 g/mol. The summed E-state index contributed by atoms with van der Waals surface area (Å²) in [4.78, 5) is 12.2. The predicted octanol–water partition coefficient (Wildman–Crippen LogP) is 2.43. The molecule has 0 aliphatic carbocycles. The summed E-state index contributed by atoms with van der Waals surface area (Å²) in [5.74, 6) is 1.52. The van der Waals surface area contributed by atoms with Crippen molar-refractivity contribution in [1.82, 2.24) is 9.88 Å². The highest BCUT2D eigenvalue weighted by molar-refractivity contribution is 9.10. The van der Waals surface area contributed by atoms with Crippen LogP contribution in [0.4, 0.5) is 0 Å². The number of nitrogens with one attached hydrogen (secondary N) is 1. The molecule has 19 heavy (non-hydrogen) atoms. The first kappa shape index (κ1) is 14.9. The van der Waals surface area contributed by atoms with E-state index < -0.39 is 5.60 Å². The van der Waals surface area contributed by atoms with Crippen LogP contribution in [0.1, 0.15) is 36.8 Å². The molecule has 1 amide bonds. The van der Waals surface area contributed by atoms with E-state index in [1.165, 1.54) is 0 Å². The van der Waals surface area contributed by atoms with Gasteiger partial charge in [-0.3, -0.25) is 4.79 Å². The molecule has 106 valence electrons. The Hall–Kier alpha value is -0.460. The van der Waals surface area contributed by atoms with Gasteiger partial charge in [0.1, 0.15) is 5.69 Å². The van der Waals surface area contributed by atoms with Gasteiger partial charge < -0.3 is 15.0 Å². The molecule has 1 atom stereocenters. The molecule has 6 heteroatoms. The van der Waals surface area contributed by atoms with Crippen molar-refractivity contribution >= 4 is 33.6 Å². The van der Waals surface area contributed by atoms with Gasteiger partial charge in [0.2, 0.25) is 0 Å². The van der Waals surface area contributed by atoms with Crippen LogP contribution in [-0.2, 0) is 0 Å². The Kier molecular flexibility index (Phi) is 4.63. The highest BCUT2D eigenvalue weighted by Crippen LogP contribution is 2.27. The summed E-state index contributed by atoms with van der Waals surface area (Å²) in [6.07, 6.45) is 2.65. The molecule has 2 heterocycles. The second-order valence-corrected chi connectivity index (χ2v) is 7.28. The number of thioether (sulfide) groups is 1. The van der Waals surface area contributed by atoms with Crippen molar-refractivity contribution < 1.29 is 9.90 Å². The monoisotopic (exact) mass is 346 g/mol. The van der Waals surface area contributed by atoms with Crippen LogP contribution in [0, 0.1) is 0 Å². The van der Waals surface area contributed by atoms with Crippen LogP contribution < -0.4 is 5.32 Å². The van der Waals surface area contributed by atoms with Crippen molar-refractivity contribution in [2.24, 2.45) is 0 Å². The number of hydrogen-bond donors (Lipinski definition) is 2. The van der Waals surface area contributed by atoms with Gasteiger partial charge in [-0.1, -0.05) is 0 Å². The zero-order valence-corrected chi connectivity index (χ0v) is 13.6. The molecular formula is C13H19BrN2O2S. The molecule has 0 aromatic carbocycles. The highest BCUT2D eigenvalue weighted by Gasteiger charge is 2.32. The van der Waals surface area contributed by atoms with Gasteiger partial charge in [-0.05, 0) is 48.0 Å². The molecule has 1 aliphatic heterocycles. The number of rotatable bonds is 4. The first-order valence-corrected chi connectivity index (χ1v) is 8.32. The molecule has 1 aliphatic rings. The van der Waals surface area contributed by atoms with Crippen LogP contribution in [0.25, 0.3) is 0 Å². The minimum absolute atomic E-state index is 0.135. The fourth-order valence-electron chi connectivity index (χ4n) is 2.13. The van der Waals surface area contributed by atoms with E-state index in [1.54, 1.807) is 11.8 Å². The van der Waals surface area contributed by atoms with Crippen LogP contribution in [0.15, 0.2) is 16.7 Å². The van der Waals surface area contributed by atoms with Crippen LogP contribution in [0.5, 0.6) is 0 Å². The number of amides is 1. The number of carbonyl (C=O) groups is 1. The lowest BCUT2D eigenvalue weighted by molar-refractivity contribution is 0.0609. The summed E-state index contributed by atoms with van der Waals surface area (Å²) in [6, 6.07) is 2.03. The van der Waals surface area contributed by atoms with Crippen molar-refractivity contribution in [1.29, 1.82) is 0 Å². The number of aliphatic hydroxyl groups is 1. The molecule has 1 fully saturated rings. The van der Waals surface area contributed by atoms with E-state index in [4.69, 9.17) is 0 Å². The van der Waals surface area contributed by atoms with E-state index in [2.05, 4.69) is 21.2 Å². The molecule has 4 nitrogen and oxygen atoms in total. The van der Waals surface area contributed by atoms with Gasteiger partial charge >= 0.3 is 0 Å². The smallest absolute Gasteiger partial charge is 0.268 e. The molecule has 2 N–H and O–H groups in total. The summed E-state index contributed by atoms with van der Waals surface area (Å²) < 4.78 is 2.81. The van der Waals surface area contributed by atoms with Gasteiger partial charge in [0.25, 0.3) is 5.91 Å². The molecule has 0 bridgehead atoms. The summed E-state index contributed by atoms with van der Waals surface area (Å²) in [5.41, 5.74) is -0.122. The third kappa shape index (κ3) is 3.55. The minimum atomic E-state index is -0.743. The van der Waals surface area contributed by atoms with Crippen molar-refractivity contribution in [3.63, 3.8) is 0 Å². The van der Waals surface area contributed by atoms with Crippen molar-refractivity contribution in [3.8, 4) is 0 Å². The maximum Gasteiger partial charge on any atom is 0.268 e. The molecule has 0 radical (unpaired) electrons.